The van der Waals surface area contributed by atoms with Crippen LogP contribution in [0.1, 0.15) is 127 Å². The van der Waals surface area contributed by atoms with Crippen LogP contribution < -0.4 is 29.6 Å². The van der Waals surface area contributed by atoms with Gasteiger partial charge in [-0.2, -0.15) is 0 Å². The Morgan fingerprint density at radius 1 is 0.651 bits per heavy atom. The summed E-state index contributed by atoms with van der Waals surface area (Å²) < 4.78 is 103. The van der Waals surface area contributed by atoms with Crippen LogP contribution in [0.5, 0.6) is 0 Å². The molecule has 488 valence electrons. The Hall–Kier alpha value is -0.890. The molecule has 5 saturated heterocycles. The molecule has 0 aromatic carbocycles. The zero-order valence-electron chi connectivity index (χ0n) is 50.7. The van der Waals surface area contributed by atoms with Gasteiger partial charge in [-0.1, -0.05) is 39.3 Å². The summed E-state index contributed by atoms with van der Waals surface area (Å²) in [6, 6.07) is 0. The Kier molecular flexibility index (Phi) is 22.5. The van der Waals surface area contributed by atoms with Gasteiger partial charge in [-0.25, -0.2) is 8.42 Å². The van der Waals surface area contributed by atoms with Gasteiger partial charge in [0.05, 0.1) is 42.2 Å². The Morgan fingerprint density at radius 2 is 1.16 bits per heavy atom. The molecule has 0 bridgehead atoms. The molecule has 0 amide bonds. The van der Waals surface area contributed by atoms with Gasteiger partial charge in [0.1, 0.15) is 91.2 Å². The van der Waals surface area contributed by atoms with Crippen LogP contribution in [0.25, 0.3) is 0 Å². The molecule has 8 fully saturated rings. The van der Waals surface area contributed by atoms with E-state index in [0.717, 1.165) is 5.57 Å². The quantitative estimate of drug-likeness (QED) is 0.0284. The third-order valence-electron chi connectivity index (χ3n) is 20.4. The van der Waals surface area contributed by atoms with Crippen molar-refractivity contribution in [3.63, 3.8) is 0 Å². The first-order valence-electron chi connectivity index (χ1n) is 30.0. The number of aliphatic hydroxyl groups excluding tert-OH is 10. The molecule has 5 aliphatic heterocycles. The summed E-state index contributed by atoms with van der Waals surface area (Å²) in [5.74, 6) is -1.71. The SMILES string of the molecule is CC(C)CC(=O)C[C@@](C)(O)[C@H]1CC[C@H]2[C@@H]3C[C@H](O[C@@H]4O[C@H](C)C(=O)[C@H](OC5O[C@H](C)[C@@H](OC6O[C@H](C)[C@H](O)[C@H](O)[C@H]6OC6O[C@H](C)[C@H](O)[C@H](O)[C@H]6O)[C@H](O)[C@H]5OC5O[C@H](C)[C@@H](O)[C@H](O)[C@H]5O)[C@H]4O)[C@H]4C[C@@H](OS(=O)(=O)[O-])CC[C@]4(C)C3=CC[C@@]21C.[Na+]. The predicted octanol–water partition coefficient (Wildman–Crippen LogP) is -4.39. The summed E-state index contributed by atoms with van der Waals surface area (Å²) >= 11 is 0. The number of carbonyl (C=O) groups excluding carboxylic acids is 2. The van der Waals surface area contributed by atoms with E-state index < -0.39 is 198 Å². The van der Waals surface area contributed by atoms with E-state index in [-0.39, 0.29) is 78.3 Å². The molecule has 4 aliphatic carbocycles. The number of rotatable bonds is 17. The Bertz CT molecular complexity index is 2490. The number of carbonyl (C=O) groups is 2. The van der Waals surface area contributed by atoms with Crippen molar-refractivity contribution in [3.05, 3.63) is 11.6 Å². The van der Waals surface area contributed by atoms with E-state index >= 15 is 0 Å². The minimum atomic E-state index is -5.14. The molecule has 9 rings (SSSR count). The van der Waals surface area contributed by atoms with E-state index in [0.29, 0.717) is 38.5 Å². The maximum Gasteiger partial charge on any atom is 1.00 e. The van der Waals surface area contributed by atoms with Gasteiger partial charge >= 0.3 is 29.6 Å². The number of ketones is 2. The van der Waals surface area contributed by atoms with Crippen molar-refractivity contribution in [1.82, 2.24) is 0 Å². The Labute approximate surface area is 523 Å². The zero-order chi connectivity index (χ0) is 62.5. The topological polar surface area (TPSA) is 415 Å². The average molecular weight is 1260 g/mol. The van der Waals surface area contributed by atoms with Crippen LogP contribution in [0.3, 0.4) is 0 Å². The molecule has 86 heavy (non-hydrogen) atoms. The zero-order valence-corrected chi connectivity index (χ0v) is 53.5. The first kappa shape index (κ1) is 71.0. The first-order valence-corrected chi connectivity index (χ1v) is 31.4. The van der Waals surface area contributed by atoms with Gasteiger partial charge in [-0.15, -0.1) is 0 Å². The van der Waals surface area contributed by atoms with Crippen molar-refractivity contribution >= 4 is 22.0 Å². The summed E-state index contributed by atoms with van der Waals surface area (Å²) in [5, 5.41) is 124. The number of ether oxygens (including phenoxy) is 10. The summed E-state index contributed by atoms with van der Waals surface area (Å²) in [4.78, 5) is 27.6. The maximum absolute atomic E-state index is 14.4. The van der Waals surface area contributed by atoms with Gasteiger partial charge in [0.25, 0.3) is 0 Å². The van der Waals surface area contributed by atoms with Crippen molar-refractivity contribution in [2.75, 3.05) is 0 Å². The molecule has 0 aromatic rings. The van der Waals surface area contributed by atoms with Crippen molar-refractivity contribution < 1.29 is 160 Å². The van der Waals surface area contributed by atoms with E-state index in [2.05, 4.69) is 19.9 Å². The van der Waals surface area contributed by atoms with Gasteiger partial charge in [-0.3, -0.25) is 13.8 Å². The fourth-order valence-corrected chi connectivity index (χ4v) is 16.4. The second kappa shape index (κ2) is 27.2. The molecule has 29 heteroatoms. The second-order valence-electron chi connectivity index (χ2n) is 26.9. The average Bonchev–Trinajstić information content (AvgIpc) is 1.33. The van der Waals surface area contributed by atoms with Gasteiger partial charge in [0.15, 0.2) is 43.3 Å². The van der Waals surface area contributed by atoms with E-state index in [1.165, 1.54) is 34.6 Å². The maximum atomic E-state index is 14.4. The summed E-state index contributed by atoms with van der Waals surface area (Å²) in [5.41, 5.74) is -1.33. The first-order chi connectivity index (χ1) is 39.6. The van der Waals surface area contributed by atoms with Crippen LogP contribution in [0.15, 0.2) is 11.6 Å². The third-order valence-corrected chi connectivity index (χ3v) is 20.9. The fraction of sp³-hybridized carbons (Fsp3) is 0.930. The molecule has 4 unspecified atom stereocenters. The second-order valence-corrected chi connectivity index (χ2v) is 27.9. The number of fused-ring (bicyclic) bond motifs is 5. The molecular formula is C57H91NaO27S. The minimum absolute atomic E-state index is 0. The van der Waals surface area contributed by atoms with E-state index in [9.17, 15) is 78.7 Å². The number of allylic oxidation sites excluding steroid dienone is 2. The normalized spacial score (nSPS) is 50.7. The van der Waals surface area contributed by atoms with Gasteiger partial charge in [-0.05, 0) is 127 Å². The molecule has 0 spiro atoms. The minimum Gasteiger partial charge on any atom is -0.726 e. The number of aliphatic hydroxyl groups is 11. The molecule has 9 aliphatic rings. The van der Waals surface area contributed by atoms with Crippen LogP contribution in [-0.2, 0) is 71.5 Å². The van der Waals surface area contributed by atoms with Crippen molar-refractivity contribution in [2.24, 2.45) is 40.4 Å². The van der Waals surface area contributed by atoms with Crippen molar-refractivity contribution in [3.8, 4) is 0 Å². The van der Waals surface area contributed by atoms with Gasteiger partial charge < -0.3 is 108 Å². The van der Waals surface area contributed by atoms with E-state index in [1.54, 1.807) is 6.92 Å². The number of Topliss-reactive ketones (excluding diaryl/α,β-unsaturated/α-hetero) is 2. The summed E-state index contributed by atoms with van der Waals surface area (Å²) in [6.07, 6.45) is -36.5. The van der Waals surface area contributed by atoms with Crippen LogP contribution >= 0.6 is 0 Å². The van der Waals surface area contributed by atoms with Crippen LogP contribution in [-0.4, -0.2) is 246 Å². The van der Waals surface area contributed by atoms with Crippen molar-refractivity contribution in [1.29, 1.82) is 0 Å². The van der Waals surface area contributed by atoms with Crippen molar-refractivity contribution in [2.45, 2.75) is 292 Å². The summed E-state index contributed by atoms with van der Waals surface area (Å²) in [7, 11) is -5.14. The Morgan fingerprint density at radius 3 is 1.73 bits per heavy atom. The Balaban J connectivity index is 0.00000961. The van der Waals surface area contributed by atoms with Crippen LogP contribution in [0.2, 0.25) is 0 Å². The van der Waals surface area contributed by atoms with E-state index in [4.69, 9.17) is 51.6 Å². The molecule has 33 atom stereocenters. The molecule has 0 radical (unpaired) electrons. The third kappa shape index (κ3) is 14.0. The van der Waals surface area contributed by atoms with Gasteiger partial charge in [0.2, 0.25) is 10.4 Å². The molecule has 5 heterocycles. The monoisotopic (exact) mass is 1260 g/mol. The number of hydrogen-bond donors (Lipinski definition) is 11. The van der Waals surface area contributed by atoms with Crippen LogP contribution in [0.4, 0.5) is 0 Å². The number of hydrogen-bond acceptors (Lipinski definition) is 27. The largest absolute Gasteiger partial charge is 1.00 e. The summed E-state index contributed by atoms with van der Waals surface area (Å²) in [6.45, 7) is 16.8. The molecule has 3 saturated carbocycles. The van der Waals surface area contributed by atoms with E-state index in [1.807, 2.05) is 13.8 Å². The predicted molar refractivity (Wildman–Crippen MR) is 286 cm³/mol. The molecular weight excluding hydrogens is 1170 g/mol. The molecule has 11 N–H and O–H groups in total. The van der Waals surface area contributed by atoms with Crippen LogP contribution in [0, 0.1) is 40.4 Å². The fourth-order valence-electron chi connectivity index (χ4n) is 15.9. The standard InChI is InChI=1S/C57H92O27S.Na/c1-21(2)17-27(58)20-57(10,70)34-12-11-30-29-19-33(32-18-28(84-85(71,72)73)13-15-55(32,8)31(29)14-16-56(30,34)9)79-52-45(69)47(38(62)25(6)76-52)81-54-49(83-51-43(67)40(64)36(60)23(4)75-51)44(68)46(26(7)78-54)80-53-48(41(65)37(61)24(5)77-53)82-50-42(66)39(63)35(59)22(3)74-50;/h14,21-26,28-30,32-37,39-54,59-61,63-70H,11-13,15-20H2,1-10H3,(H,71,72,73);/q;+1/p-1/t22-,23-,24-,25-,26-,28+,29+,30+,32-,33+,34+,35+,36-,37+,39+,40+,41+,42-,43-,44+,45-,46-,47+,48-,49-,50?,51?,52+,53?,54?,55-,56+,57-;/m1./s1. The molecule has 27 nitrogen and oxygen atoms in total. The molecule has 0 aromatic heterocycles. The van der Waals surface area contributed by atoms with Gasteiger partial charge in [0, 0.05) is 12.8 Å². The smallest absolute Gasteiger partial charge is 0.726 e.